The Morgan fingerprint density at radius 2 is 2.32 bits per heavy atom. The number of ether oxygens (including phenoxy) is 2. The molecule has 1 N–H and O–H groups in total. The van der Waals surface area contributed by atoms with Crippen molar-refractivity contribution in [2.45, 2.75) is 32.6 Å². The molecule has 2 aliphatic rings. The third-order valence-corrected chi connectivity index (χ3v) is 5.28. The molecule has 138 valence electrons. The van der Waals surface area contributed by atoms with Crippen LogP contribution < -0.4 is 10.1 Å². The van der Waals surface area contributed by atoms with Crippen LogP contribution in [0.2, 0.25) is 0 Å². The molecule has 1 spiro atoms. The van der Waals surface area contributed by atoms with Gasteiger partial charge in [-0.15, -0.1) is 0 Å². The predicted octanol–water partition coefficient (Wildman–Crippen LogP) is 2.71. The van der Waals surface area contributed by atoms with E-state index >= 15 is 0 Å². The predicted molar refractivity (Wildman–Crippen MR) is 101 cm³/mol. The van der Waals surface area contributed by atoms with Crippen LogP contribution in [0, 0.1) is 5.41 Å². The molecule has 0 aliphatic carbocycles. The van der Waals surface area contributed by atoms with Gasteiger partial charge in [-0.25, -0.2) is 0 Å². The minimum Gasteiger partial charge on any atom is -0.497 e. The maximum atomic E-state index is 5.64. The molecule has 2 heterocycles. The number of hydrogen-bond acceptors (Lipinski definition) is 3. The lowest BCUT2D eigenvalue weighted by Crippen LogP contribution is -2.41. The van der Waals surface area contributed by atoms with Crippen LogP contribution in [-0.2, 0) is 11.2 Å². The van der Waals surface area contributed by atoms with Crippen LogP contribution in [-0.4, -0.2) is 57.4 Å². The Hall–Kier alpha value is -1.75. The molecule has 2 saturated heterocycles. The minimum absolute atomic E-state index is 0.372. The molecular formula is C20H31N3O2. The Labute approximate surface area is 151 Å². The first kappa shape index (κ1) is 18.1. The molecular weight excluding hydrogens is 314 g/mol. The van der Waals surface area contributed by atoms with Gasteiger partial charge >= 0.3 is 0 Å². The second-order valence-electron chi connectivity index (χ2n) is 7.16. The summed E-state index contributed by atoms with van der Waals surface area (Å²) in [5, 5.41) is 3.46. The average molecular weight is 345 g/mol. The summed E-state index contributed by atoms with van der Waals surface area (Å²) in [6.45, 7) is 7.89. The highest BCUT2D eigenvalue weighted by molar-refractivity contribution is 5.80. The fourth-order valence-corrected chi connectivity index (χ4v) is 3.81. The Kier molecular flexibility index (Phi) is 6.19. The highest BCUT2D eigenvalue weighted by Gasteiger charge is 2.42. The first-order valence-corrected chi connectivity index (χ1v) is 9.49. The molecule has 1 aromatic carbocycles. The minimum atomic E-state index is 0.372. The van der Waals surface area contributed by atoms with Gasteiger partial charge in [-0.3, -0.25) is 4.99 Å². The summed E-state index contributed by atoms with van der Waals surface area (Å²) in [7, 11) is 1.71. The lowest BCUT2D eigenvalue weighted by Gasteiger charge is -2.25. The average Bonchev–Trinajstić information content (AvgIpc) is 3.28. The molecule has 0 radical (unpaired) electrons. The summed E-state index contributed by atoms with van der Waals surface area (Å²) in [5.41, 5.74) is 1.68. The molecule has 1 aromatic rings. The summed E-state index contributed by atoms with van der Waals surface area (Å²) in [6.07, 6.45) is 4.49. The summed E-state index contributed by atoms with van der Waals surface area (Å²) in [4.78, 5) is 7.29. The molecule has 5 nitrogen and oxygen atoms in total. The fraction of sp³-hybridized carbons (Fsp3) is 0.650. The fourth-order valence-electron chi connectivity index (χ4n) is 3.81. The Balaban J connectivity index is 1.52. The van der Waals surface area contributed by atoms with Crippen molar-refractivity contribution in [1.29, 1.82) is 0 Å². The quantitative estimate of drug-likeness (QED) is 0.489. The third kappa shape index (κ3) is 4.66. The van der Waals surface area contributed by atoms with Gasteiger partial charge in [0.15, 0.2) is 5.96 Å². The van der Waals surface area contributed by atoms with Crippen molar-refractivity contribution in [1.82, 2.24) is 10.2 Å². The van der Waals surface area contributed by atoms with Crippen LogP contribution in [0.4, 0.5) is 0 Å². The smallest absolute Gasteiger partial charge is 0.193 e. The number of benzene rings is 1. The van der Waals surface area contributed by atoms with E-state index in [1.54, 1.807) is 7.11 Å². The zero-order chi connectivity index (χ0) is 17.5. The molecule has 3 rings (SSSR count). The molecule has 2 aliphatic heterocycles. The Morgan fingerprint density at radius 3 is 3.08 bits per heavy atom. The SMILES string of the molecule is CCNC(=NCCCc1cccc(OC)c1)N1CCC2(CCOC2)C1. The summed E-state index contributed by atoms with van der Waals surface area (Å²) < 4.78 is 10.9. The van der Waals surface area contributed by atoms with E-state index < -0.39 is 0 Å². The van der Waals surface area contributed by atoms with Crippen LogP contribution in [0.5, 0.6) is 5.75 Å². The molecule has 0 aromatic heterocycles. The lowest BCUT2D eigenvalue weighted by molar-refractivity contribution is 0.156. The number of likely N-dealkylation sites (tertiary alicyclic amines) is 1. The number of nitrogens with zero attached hydrogens (tertiary/aromatic N) is 2. The molecule has 2 fully saturated rings. The highest BCUT2D eigenvalue weighted by Crippen LogP contribution is 2.38. The number of aryl methyl sites for hydroxylation is 1. The standard InChI is InChI=1S/C20H31N3O2/c1-3-21-19(23-12-9-20(15-23)10-13-25-16-20)22-11-5-7-17-6-4-8-18(14-17)24-2/h4,6,8,14H,3,5,7,9-13,15-16H2,1-2H3,(H,21,22). The first-order chi connectivity index (χ1) is 12.2. The van der Waals surface area contributed by atoms with Gasteiger partial charge in [-0.2, -0.15) is 0 Å². The van der Waals surface area contributed by atoms with Gasteiger partial charge < -0.3 is 19.7 Å². The van der Waals surface area contributed by atoms with Crippen molar-refractivity contribution < 1.29 is 9.47 Å². The van der Waals surface area contributed by atoms with Crippen LogP contribution in [0.15, 0.2) is 29.3 Å². The van der Waals surface area contributed by atoms with E-state index in [0.29, 0.717) is 5.41 Å². The number of rotatable bonds is 6. The number of hydrogen-bond donors (Lipinski definition) is 1. The number of aliphatic imine (C=N–C) groups is 1. The summed E-state index contributed by atoms with van der Waals surface area (Å²) in [5.74, 6) is 1.99. The highest BCUT2D eigenvalue weighted by atomic mass is 16.5. The van der Waals surface area contributed by atoms with E-state index in [2.05, 4.69) is 35.3 Å². The van der Waals surface area contributed by atoms with Crippen LogP contribution in [0.3, 0.4) is 0 Å². The van der Waals surface area contributed by atoms with Crippen LogP contribution in [0.25, 0.3) is 0 Å². The van der Waals surface area contributed by atoms with E-state index in [4.69, 9.17) is 14.5 Å². The third-order valence-electron chi connectivity index (χ3n) is 5.28. The summed E-state index contributed by atoms with van der Waals surface area (Å²) in [6, 6.07) is 8.30. The number of methoxy groups -OCH3 is 1. The van der Waals surface area contributed by atoms with Gasteiger partial charge in [0.05, 0.1) is 13.7 Å². The van der Waals surface area contributed by atoms with Crippen molar-refractivity contribution in [2.24, 2.45) is 10.4 Å². The number of nitrogens with one attached hydrogen (secondary N) is 1. The van der Waals surface area contributed by atoms with Crippen molar-refractivity contribution in [3.63, 3.8) is 0 Å². The van der Waals surface area contributed by atoms with Crippen LogP contribution >= 0.6 is 0 Å². The van der Waals surface area contributed by atoms with Gasteiger partial charge in [0.1, 0.15) is 5.75 Å². The Morgan fingerprint density at radius 1 is 1.40 bits per heavy atom. The van der Waals surface area contributed by atoms with E-state index in [9.17, 15) is 0 Å². The van der Waals surface area contributed by atoms with E-state index in [1.807, 2.05) is 6.07 Å². The van der Waals surface area contributed by atoms with Gasteiger partial charge in [0.25, 0.3) is 0 Å². The van der Waals surface area contributed by atoms with Crippen molar-refractivity contribution in [2.75, 3.05) is 46.5 Å². The molecule has 1 atom stereocenters. The van der Waals surface area contributed by atoms with E-state index in [-0.39, 0.29) is 0 Å². The van der Waals surface area contributed by atoms with E-state index in [1.165, 1.54) is 18.4 Å². The zero-order valence-electron chi connectivity index (χ0n) is 15.6. The normalized spacial score (nSPS) is 23.4. The van der Waals surface area contributed by atoms with Gasteiger partial charge in [-0.1, -0.05) is 12.1 Å². The molecule has 1 unspecified atom stereocenters. The molecule has 0 amide bonds. The van der Waals surface area contributed by atoms with Crippen LogP contribution in [0.1, 0.15) is 31.7 Å². The maximum absolute atomic E-state index is 5.64. The maximum Gasteiger partial charge on any atom is 0.193 e. The molecule has 0 bridgehead atoms. The van der Waals surface area contributed by atoms with Crippen molar-refractivity contribution >= 4 is 5.96 Å². The molecule has 5 heteroatoms. The molecule has 0 saturated carbocycles. The number of guanidine groups is 1. The van der Waals surface area contributed by atoms with Gasteiger partial charge in [0, 0.05) is 38.2 Å². The topological polar surface area (TPSA) is 46.1 Å². The van der Waals surface area contributed by atoms with Gasteiger partial charge in [-0.05, 0) is 50.3 Å². The van der Waals surface area contributed by atoms with Crippen molar-refractivity contribution in [3.05, 3.63) is 29.8 Å². The molecule has 25 heavy (non-hydrogen) atoms. The first-order valence-electron chi connectivity index (χ1n) is 9.49. The second-order valence-corrected chi connectivity index (χ2v) is 7.16. The lowest BCUT2D eigenvalue weighted by atomic mass is 9.87. The second kappa shape index (κ2) is 8.56. The monoisotopic (exact) mass is 345 g/mol. The summed E-state index contributed by atoms with van der Waals surface area (Å²) >= 11 is 0. The van der Waals surface area contributed by atoms with Gasteiger partial charge in [0.2, 0.25) is 0 Å². The largest absolute Gasteiger partial charge is 0.497 e. The van der Waals surface area contributed by atoms with E-state index in [0.717, 1.165) is 63.9 Å². The Bertz CT molecular complexity index is 582. The zero-order valence-corrected chi connectivity index (χ0v) is 15.6. The van der Waals surface area contributed by atoms with Crippen molar-refractivity contribution in [3.8, 4) is 5.75 Å².